The number of phenolic OH excluding ortho intramolecular Hbond substituents is 6. The Labute approximate surface area is 236 Å². The summed E-state index contributed by atoms with van der Waals surface area (Å²) in [6, 6.07) is 14.0. The standard InChI is InChI=1S/C31H22O11/c1-40-22-7-4-14(8-17(22)34)23-12-21(38)25-19(36)11-20(37)27(31(25)41-23)28-29(39)26-18(35)9-16(33)10-24(26)42-30(28)13-2-5-15(32)6-3-13/h2-12,28,30,32-37H,1H3/t28-,30+/m0/s1. The number of benzene rings is 4. The smallest absolute Gasteiger partial charge is 0.197 e. The van der Waals surface area contributed by atoms with E-state index in [9.17, 15) is 40.2 Å². The number of ether oxygens (including phenoxy) is 2. The lowest BCUT2D eigenvalue weighted by molar-refractivity contribution is 0.0772. The van der Waals surface area contributed by atoms with Gasteiger partial charge in [0.25, 0.3) is 0 Å². The second-order valence-corrected chi connectivity index (χ2v) is 9.70. The fourth-order valence-electron chi connectivity index (χ4n) is 5.24. The predicted molar refractivity (Wildman–Crippen MR) is 148 cm³/mol. The number of fused-ring (bicyclic) bond motifs is 2. The Hall–Kier alpha value is -5.84. The summed E-state index contributed by atoms with van der Waals surface area (Å²) in [6.07, 6.45) is -1.22. The summed E-state index contributed by atoms with van der Waals surface area (Å²) in [7, 11) is 1.37. The fraction of sp³-hybridized carbons (Fsp3) is 0.0968. The molecule has 1 aliphatic heterocycles. The van der Waals surface area contributed by atoms with Gasteiger partial charge in [-0.25, -0.2) is 0 Å². The van der Waals surface area contributed by atoms with Crippen LogP contribution in [0.4, 0.5) is 0 Å². The summed E-state index contributed by atoms with van der Waals surface area (Å²) in [4.78, 5) is 27.4. The third kappa shape index (κ3) is 4.15. The van der Waals surface area contributed by atoms with Crippen LogP contribution in [0.25, 0.3) is 22.3 Å². The fourth-order valence-corrected chi connectivity index (χ4v) is 5.24. The van der Waals surface area contributed by atoms with E-state index in [4.69, 9.17) is 13.9 Å². The van der Waals surface area contributed by atoms with Gasteiger partial charge in [-0.3, -0.25) is 9.59 Å². The monoisotopic (exact) mass is 570 g/mol. The second kappa shape index (κ2) is 9.66. The molecule has 0 fully saturated rings. The molecule has 5 aromatic rings. The molecule has 0 spiro atoms. The molecule has 11 heteroatoms. The minimum atomic E-state index is -1.46. The average molecular weight is 571 g/mol. The van der Waals surface area contributed by atoms with E-state index in [-0.39, 0.29) is 62.2 Å². The molecule has 6 N–H and O–H groups in total. The minimum Gasteiger partial charge on any atom is -0.508 e. The topological polar surface area (TPSA) is 187 Å². The van der Waals surface area contributed by atoms with Crippen molar-refractivity contribution < 1.29 is 49.3 Å². The number of ketones is 1. The second-order valence-electron chi connectivity index (χ2n) is 9.70. The van der Waals surface area contributed by atoms with Gasteiger partial charge < -0.3 is 44.5 Å². The summed E-state index contributed by atoms with van der Waals surface area (Å²) >= 11 is 0. The summed E-state index contributed by atoms with van der Waals surface area (Å²) in [5.74, 6) is -4.69. The summed E-state index contributed by atoms with van der Waals surface area (Å²) in [5, 5.41) is 62.3. The van der Waals surface area contributed by atoms with E-state index < -0.39 is 40.5 Å². The van der Waals surface area contributed by atoms with Crippen LogP contribution in [0.15, 0.2) is 75.9 Å². The highest BCUT2D eigenvalue weighted by molar-refractivity contribution is 6.09. The summed E-state index contributed by atoms with van der Waals surface area (Å²) in [6.45, 7) is 0. The van der Waals surface area contributed by atoms with Crippen molar-refractivity contribution in [2.24, 2.45) is 0 Å². The molecular formula is C31H22O11. The lowest BCUT2D eigenvalue weighted by Crippen LogP contribution is -2.30. The highest BCUT2D eigenvalue weighted by Gasteiger charge is 2.44. The average Bonchev–Trinajstić information content (AvgIpc) is 2.93. The Morgan fingerprint density at radius 1 is 0.738 bits per heavy atom. The van der Waals surface area contributed by atoms with E-state index in [1.807, 2.05) is 0 Å². The van der Waals surface area contributed by atoms with Crippen molar-refractivity contribution in [1.29, 1.82) is 0 Å². The van der Waals surface area contributed by atoms with Crippen LogP contribution in [0.5, 0.6) is 46.0 Å². The van der Waals surface area contributed by atoms with Gasteiger partial charge in [-0.15, -0.1) is 0 Å². The molecule has 0 saturated heterocycles. The number of rotatable bonds is 4. The first-order chi connectivity index (χ1) is 20.1. The van der Waals surface area contributed by atoms with Crippen molar-refractivity contribution in [2.45, 2.75) is 12.0 Å². The van der Waals surface area contributed by atoms with Crippen molar-refractivity contribution in [2.75, 3.05) is 7.11 Å². The van der Waals surface area contributed by atoms with Crippen LogP contribution in [-0.2, 0) is 0 Å². The molecule has 0 amide bonds. The van der Waals surface area contributed by atoms with Crippen LogP contribution < -0.4 is 14.9 Å². The highest BCUT2D eigenvalue weighted by atomic mass is 16.5. The first-order valence-electron chi connectivity index (χ1n) is 12.5. The van der Waals surface area contributed by atoms with E-state index in [0.29, 0.717) is 5.56 Å². The van der Waals surface area contributed by atoms with Gasteiger partial charge in [-0.2, -0.15) is 0 Å². The molecule has 0 saturated carbocycles. The molecule has 2 atom stereocenters. The van der Waals surface area contributed by atoms with Crippen molar-refractivity contribution in [1.82, 2.24) is 0 Å². The molecular weight excluding hydrogens is 548 g/mol. The SMILES string of the molecule is COc1ccc(-c2cc(=O)c3c(O)cc(O)c([C@H]4C(=O)c5c(O)cc(O)cc5O[C@@H]4c4ccc(O)cc4)c3o2)cc1O. The molecule has 0 unspecified atom stereocenters. The van der Waals surface area contributed by atoms with Crippen molar-refractivity contribution >= 4 is 16.8 Å². The number of phenols is 6. The lowest BCUT2D eigenvalue weighted by Gasteiger charge is -2.34. The van der Waals surface area contributed by atoms with Crippen LogP contribution in [0.3, 0.4) is 0 Å². The van der Waals surface area contributed by atoms with Gasteiger partial charge >= 0.3 is 0 Å². The van der Waals surface area contributed by atoms with Crippen LogP contribution >= 0.6 is 0 Å². The van der Waals surface area contributed by atoms with E-state index in [1.165, 1.54) is 49.6 Å². The molecule has 0 aliphatic carbocycles. The van der Waals surface area contributed by atoms with E-state index in [0.717, 1.165) is 24.3 Å². The molecule has 2 heterocycles. The minimum absolute atomic E-state index is 0.0600. The molecule has 1 aliphatic rings. The first-order valence-corrected chi connectivity index (χ1v) is 12.5. The van der Waals surface area contributed by atoms with Gasteiger partial charge in [0, 0.05) is 29.8 Å². The predicted octanol–water partition coefficient (Wildman–Crippen LogP) is 4.80. The van der Waals surface area contributed by atoms with Crippen LogP contribution in [0, 0.1) is 0 Å². The van der Waals surface area contributed by atoms with Crippen molar-refractivity contribution in [3.05, 3.63) is 93.6 Å². The number of hydrogen-bond donors (Lipinski definition) is 6. The Kier molecular flexibility index (Phi) is 6.07. The van der Waals surface area contributed by atoms with Gasteiger partial charge in [0.05, 0.1) is 18.6 Å². The van der Waals surface area contributed by atoms with Crippen LogP contribution in [0.1, 0.15) is 33.5 Å². The molecule has 4 aromatic carbocycles. The van der Waals surface area contributed by atoms with E-state index >= 15 is 0 Å². The van der Waals surface area contributed by atoms with Crippen LogP contribution in [0.2, 0.25) is 0 Å². The quantitative estimate of drug-likeness (QED) is 0.174. The Balaban J connectivity index is 1.65. The number of hydrogen-bond acceptors (Lipinski definition) is 11. The van der Waals surface area contributed by atoms with Crippen molar-refractivity contribution in [3.63, 3.8) is 0 Å². The largest absolute Gasteiger partial charge is 0.508 e. The Morgan fingerprint density at radius 3 is 2.17 bits per heavy atom. The molecule has 11 nitrogen and oxygen atoms in total. The zero-order valence-electron chi connectivity index (χ0n) is 21.7. The molecule has 42 heavy (non-hydrogen) atoms. The maximum atomic E-state index is 14.1. The molecule has 1 aromatic heterocycles. The Bertz CT molecular complexity index is 1960. The number of methoxy groups -OCH3 is 1. The van der Waals surface area contributed by atoms with E-state index in [2.05, 4.69) is 0 Å². The normalized spacial score (nSPS) is 16.2. The zero-order chi connectivity index (χ0) is 29.9. The lowest BCUT2D eigenvalue weighted by atomic mass is 9.79. The summed E-state index contributed by atoms with van der Waals surface area (Å²) in [5.41, 5.74) is -0.941. The third-order valence-electron chi connectivity index (χ3n) is 7.15. The van der Waals surface area contributed by atoms with Gasteiger partial charge in [0.1, 0.15) is 62.9 Å². The number of Topliss-reactive ketones (excluding diaryl/α,β-unsaturated/α-hetero) is 1. The maximum Gasteiger partial charge on any atom is 0.197 e. The summed E-state index contributed by atoms with van der Waals surface area (Å²) < 4.78 is 17.3. The Morgan fingerprint density at radius 2 is 1.48 bits per heavy atom. The van der Waals surface area contributed by atoms with Gasteiger partial charge in [0.15, 0.2) is 22.7 Å². The maximum absolute atomic E-state index is 14.1. The van der Waals surface area contributed by atoms with Crippen molar-refractivity contribution in [3.8, 4) is 57.3 Å². The van der Waals surface area contributed by atoms with Gasteiger partial charge in [-0.1, -0.05) is 12.1 Å². The van der Waals surface area contributed by atoms with Crippen LogP contribution in [-0.4, -0.2) is 43.5 Å². The molecule has 212 valence electrons. The zero-order valence-corrected chi connectivity index (χ0v) is 21.7. The highest BCUT2D eigenvalue weighted by Crippen LogP contribution is 2.52. The first kappa shape index (κ1) is 26.4. The van der Waals surface area contributed by atoms with E-state index in [1.54, 1.807) is 0 Å². The molecule has 6 rings (SSSR count). The van der Waals surface area contributed by atoms with Gasteiger partial charge in [-0.05, 0) is 35.9 Å². The number of carbonyl (C=O) groups is 1. The molecule has 0 radical (unpaired) electrons. The molecule has 0 bridgehead atoms. The van der Waals surface area contributed by atoms with Gasteiger partial charge in [0.2, 0.25) is 0 Å². The number of carbonyl (C=O) groups excluding carboxylic acids is 1. The number of aromatic hydroxyl groups is 6. The third-order valence-corrected chi connectivity index (χ3v) is 7.15.